The molecule has 0 radical (unpaired) electrons. The Morgan fingerprint density at radius 2 is 2.19 bits per heavy atom. The van der Waals surface area contributed by atoms with E-state index in [1.165, 1.54) is 28.7 Å². The molecule has 1 unspecified atom stereocenters. The molecule has 1 atom stereocenters. The Labute approximate surface area is 173 Å². The molecule has 2 aliphatic heterocycles. The summed E-state index contributed by atoms with van der Waals surface area (Å²) in [5.41, 5.74) is 0. The number of aromatic nitrogens is 2. The van der Waals surface area contributed by atoms with E-state index < -0.39 is 0 Å². The molecule has 27 heavy (non-hydrogen) atoms. The van der Waals surface area contributed by atoms with E-state index in [9.17, 15) is 0 Å². The molecule has 0 amide bonds. The van der Waals surface area contributed by atoms with E-state index in [0.717, 1.165) is 51.2 Å². The Hall–Kier alpha value is -1.22. The third-order valence-electron chi connectivity index (χ3n) is 5.31. The van der Waals surface area contributed by atoms with Gasteiger partial charge in [0.2, 0.25) is 5.95 Å². The Morgan fingerprint density at radius 3 is 2.96 bits per heavy atom. The summed E-state index contributed by atoms with van der Waals surface area (Å²) in [6.45, 7) is 6.50. The van der Waals surface area contributed by atoms with Gasteiger partial charge in [-0.15, -0.1) is 11.3 Å². The Kier molecular flexibility index (Phi) is 6.27. The number of morpholine rings is 1. The normalized spacial score (nSPS) is 21.4. The molecule has 0 aliphatic carbocycles. The van der Waals surface area contributed by atoms with Gasteiger partial charge in [-0.05, 0) is 47.4 Å². The van der Waals surface area contributed by atoms with E-state index in [0.29, 0.717) is 6.04 Å². The molecule has 2 aromatic heterocycles. The molecule has 8 heteroatoms. The predicted molar refractivity (Wildman–Crippen MR) is 114 cm³/mol. The van der Waals surface area contributed by atoms with Gasteiger partial charge in [-0.2, -0.15) is 4.98 Å². The zero-order valence-corrected chi connectivity index (χ0v) is 18.1. The zero-order chi connectivity index (χ0) is 18.6. The molecule has 0 saturated carbocycles. The van der Waals surface area contributed by atoms with Gasteiger partial charge < -0.3 is 14.5 Å². The summed E-state index contributed by atoms with van der Waals surface area (Å²) in [4.78, 5) is 17.9. The molecule has 2 fully saturated rings. The standard InChI is InChI=1S/C19H26BrN5OS/c1-23(18-4-5-21-19(22-18)25-7-9-26-10-8-25)16-3-2-6-24(12-16)13-17-11-15(20)14-27-17/h4-5,11,14,16H,2-3,6-10,12-13H2,1H3. The summed E-state index contributed by atoms with van der Waals surface area (Å²) in [6, 6.07) is 4.74. The summed E-state index contributed by atoms with van der Waals surface area (Å²) < 4.78 is 6.63. The Balaban J connectivity index is 1.41. The van der Waals surface area contributed by atoms with E-state index in [1.807, 2.05) is 23.6 Å². The van der Waals surface area contributed by atoms with Gasteiger partial charge in [0, 0.05) is 60.2 Å². The van der Waals surface area contributed by atoms with Crippen molar-refractivity contribution < 1.29 is 4.74 Å². The van der Waals surface area contributed by atoms with Gasteiger partial charge in [0.15, 0.2) is 0 Å². The fraction of sp³-hybridized carbons (Fsp3) is 0.579. The molecule has 0 N–H and O–H groups in total. The second kappa shape index (κ2) is 8.86. The first-order valence-electron chi connectivity index (χ1n) is 9.53. The molecule has 0 aromatic carbocycles. The maximum absolute atomic E-state index is 5.44. The number of likely N-dealkylation sites (N-methyl/N-ethyl adjacent to an activating group) is 1. The van der Waals surface area contributed by atoms with Gasteiger partial charge in [0.1, 0.15) is 5.82 Å². The van der Waals surface area contributed by atoms with Crippen molar-refractivity contribution in [1.82, 2.24) is 14.9 Å². The summed E-state index contributed by atoms with van der Waals surface area (Å²) in [6.07, 6.45) is 4.31. The third-order valence-corrected chi connectivity index (χ3v) is 7.00. The van der Waals surface area contributed by atoms with Crippen molar-refractivity contribution in [2.45, 2.75) is 25.4 Å². The average Bonchev–Trinajstić information content (AvgIpc) is 3.13. The zero-order valence-electron chi connectivity index (χ0n) is 15.7. The second-order valence-corrected chi connectivity index (χ2v) is 9.10. The van der Waals surface area contributed by atoms with Crippen molar-refractivity contribution in [1.29, 1.82) is 0 Å². The van der Waals surface area contributed by atoms with E-state index in [2.05, 4.69) is 54.1 Å². The van der Waals surface area contributed by atoms with Crippen molar-refractivity contribution in [3.8, 4) is 0 Å². The van der Waals surface area contributed by atoms with E-state index >= 15 is 0 Å². The predicted octanol–water partition coefficient (Wildman–Crippen LogP) is 3.24. The summed E-state index contributed by atoms with van der Waals surface area (Å²) in [5.74, 6) is 1.83. The first-order chi connectivity index (χ1) is 13.2. The van der Waals surface area contributed by atoms with Crippen LogP contribution < -0.4 is 9.80 Å². The fourth-order valence-electron chi connectivity index (χ4n) is 3.79. The summed E-state index contributed by atoms with van der Waals surface area (Å²) in [5, 5.41) is 2.16. The summed E-state index contributed by atoms with van der Waals surface area (Å²) >= 11 is 5.39. The molecule has 4 heterocycles. The van der Waals surface area contributed by atoms with Crippen LogP contribution in [0.25, 0.3) is 0 Å². The molecule has 2 aliphatic rings. The monoisotopic (exact) mass is 451 g/mol. The van der Waals surface area contributed by atoms with Crippen LogP contribution in [0.1, 0.15) is 17.7 Å². The minimum absolute atomic E-state index is 0.481. The van der Waals surface area contributed by atoms with Crippen LogP contribution >= 0.6 is 27.3 Å². The van der Waals surface area contributed by atoms with Crippen molar-refractivity contribution >= 4 is 39.0 Å². The number of anilines is 2. The Bertz CT molecular complexity index is 751. The quantitative estimate of drug-likeness (QED) is 0.694. The van der Waals surface area contributed by atoms with E-state index in [1.54, 1.807) is 0 Å². The smallest absolute Gasteiger partial charge is 0.227 e. The van der Waals surface area contributed by atoms with Gasteiger partial charge in [0.05, 0.1) is 13.2 Å². The van der Waals surface area contributed by atoms with Gasteiger partial charge >= 0.3 is 0 Å². The van der Waals surface area contributed by atoms with Crippen molar-refractivity contribution in [3.05, 3.63) is 33.1 Å². The SMILES string of the molecule is CN(c1ccnc(N2CCOCC2)n1)C1CCCN(Cc2cc(Br)cs2)C1. The number of halogens is 1. The molecule has 6 nitrogen and oxygen atoms in total. The third kappa shape index (κ3) is 4.80. The number of likely N-dealkylation sites (tertiary alicyclic amines) is 1. The van der Waals surface area contributed by atoms with Gasteiger partial charge in [-0.25, -0.2) is 4.98 Å². The molecule has 4 rings (SSSR count). The van der Waals surface area contributed by atoms with Crippen molar-refractivity contribution in [3.63, 3.8) is 0 Å². The lowest BCUT2D eigenvalue weighted by molar-refractivity contribution is 0.122. The van der Waals surface area contributed by atoms with Crippen molar-refractivity contribution in [2.24, 2.45) is 0 Å². The fourth-order valence-corrected chi connectivity index (χ4v) is 5.28. The van der Waals surface area contributed by atoms with Crippen LogP contribution in [0.3, 0.4) is 0 Å². The highest BCUT2D eigenvalue weighted by Crippen LogP contribution is 2.25. The van der Waals surface area contributed by atoms with E-state index in [4.69, 9.17) is 9.72 Å². The molecule has 0 bridgehead atoms. The van der Waals surface area contributed by atoms with Crippen LogP contribution in [0.4, 0.5) is 11.8 Å². The molecular formula is C19H26BrN5OS. The number of ether oxygens (including phenoxy) is 1. The second-order valence-electron chi connectivity index (χ2n) is 7.19. The first-order valence-corrected chi connectivity index (χ1v) is 11.2. The van der Waals surface area contributed by atoms with Crippen LogP contribution in [0.15, 0.2) is 28.2 Å². The van der Waals surface area contributed by atoms with Crippen LogP contribution in [0.5, 0.6) is 0 Å². The largest absolute Gasteiger partial charge is 0.378 e. The Morgan fingerprint density at radius 1 is 1.33 bits per heavy atom. The number of nitrogens with zero attached hydrogens (tertiary/aromatic N) is 5. The first kappa shape index (κ1) is 19.1. The van der Waals surface area contributed by atoms with Gasteiger partial charge in [0.25, 0.3) is 0 Å². The van der Waals surface area contributed by atoms with Crippen LogP contribution in [0, 0.1) is 0 Å². The highest BCUT2D eigenvalue weighted by molar-refractivity contribution is 9.10. The van der Waals surface area contributed by atoms with Crippen LogP contribution in [-0.2, 0) is 11.3 Å². The van der Waals surface area contributed by atoms with Crippen LogP contribution in [0.2, 0.25) is 0 Å². The number of piperidine rings is 1. The molecule has 2 aromatic rings. The lowest BCUT2D eigenvalue weighted by atomic mass is 10.0. The highest BCUT2D eigenvalue weighted by Gasteiger charge is 2.25. The maximum atomic E-state index is 5.44. The molecule has 146 valence electrons. The minimum Gasteiger partial charge on any atom is -0.378 e. The number of rotatable bonds is 5. The lowest BCUT2D eigenvalue weighted by Gasteiger charge is -2.38. The van der Waals surface area contributed by atoms with Crippen molar-refractivity contribution in [2.75, 3.05) is 56.2 Å². The average molecular weight is 452 g/mol. The van der Waals surface area contributed by atoms with E-state index in [-0.39, 0.29) is 0 Å². The minimum atomic E-state index is 0.481. The topological polar surface area (TPSA) is 44.7 Å². The highest BCUT2D eigenvalue weighted by atomic mass is 79.9. The van der Waals surface area contributed by atoms with Gasteiger partial charge in [-0.1, -0.05) is 0 Å². The maximum Gasteiger partial charge on any atom is 0.227 e. The van der Waals surface area contributed by atoms with Gasteiger partial charge in [-0.3, -0.25) is 4.90 Å². The lowest BCUT2D eigenvalue weighted by Crippen LogP contribution is -2.46. The van der Waals surface area contributed by atoms with Crippen LogP contribution in [-0.4, -0.2) is 67.4 Å². The number of hydrogen-bond donors (Lipinski definition) is 0. The molecule has 2 saturated heterocycles. The number of thiophene rings is 1. The number of hydrogen-bond acceptors (Lipinski definition) is 7. The molecule has 0 spiro atoms. The summed E-state index contributed by atoms with van der Waals surface area (Å²) in [7, 11) is 2.17. The molecular weight excluding hydrogens is 426 g/mol.